The van der Waals surface area contributed by atoms with Crippen LogP contribution in [0.15, 0.2) is 24.3 Å². The van der Waals surface area contributed by atoms with Gasteiger partial charge in [0, 0.05) is 17.8 Å². The van der Waals surface area contributed by atoms with Gasteiger partial charge in [-0.25, -0.2) is 0 Å². The van der Waals surface area contributed by atoms with Gasteiger partial charge in [0.25, 0.3) is 0 Å². The first-order valence-electron chi connectivity index (χ1n) is 4.66. The maximum absolute atomic E-state index is 9.04. The maximum atomic E-state index is 9.04. The molecule has 0 aliphatic heterocycles. The van der Waals surface area contributed by atoms with E-state index in [1.807, 2.05) is 24.3 Å². The number of hydrogen-bond donors (Lipinski definition) is 2. The van der Waals surface area contributed by atoms with Crippen molar-refractivity contribution in [2.75, 3.05) is 11.9 Å². The zero-order valence-electron chi connectivity index (χ0n) is 8.25. The van der Waals surface area contributed by atoms with E-state index in [-0.39, 0.29) is 6.61 Å². The van der Waals surface area contributed by atoms with Crippen molar-refractivity contribution in [1.82, 2.24) is 0 Å². The van der Waals surface area contributed by atoms with Gasteiger partial charge in [-0.05, 0) is 12.0 Å². The van der Waals surface area contributed by atoms with Crippen LogP contribution in [0.4, 0.5) is 5.69 Å². The number of aliphatic hydroxyl groups is 1. The second-order valence-electron chi connectivity index (χ2n) is 3.59. The zero-order valence-corrected chi connectivity index (χ0v) is 8.25. The molecule has 0 aliphatic carbocycles. The van der Waals surface area contributed by atoms with Crippen LogP contribution in [0, 0.1) is 5.92 Å². The van der Waals surface area contributed by atoms with Crippen LogP contribution in [0.25, 0.3) is 0 Å². The molecule has 0 amide bonds. The normalized spacial score (nSPS) is 10.5. The van der Waals surface area contributed by atoms with Crippen molar-refractivity contribution in [3.05, 3.63) is 29.8 Å². The smallest absolute Gasteiger partial charge is 0.0701 e. The summed E-state index contributed by atoms with van der Waals surface area (Å²) >= 11 is 0. The molecule has 13 heavy (non-hydrogen) atoms. The van der Waals surface area contributed by atoms with Gasteiger partial charge in [-0.3, -0.25) is 0 Å². The Morgan fingerprint density at radius 3 is 2.62 bits per heavy atom. The molecule has 0 fully saturated rings. The van der Waals surface area contributed by atoms with Crippen molar-refractivity contribution in [2.45, 2.75) is 20.5 Å². The Hall–Kier alpha value is -1.02. The minimum absolute atomic E-state index is 0.0985. The summed E-state index contributed by atoms with van der Waals surface area (Å²) in [7, 11) is 0. The van der Waals surface area contributed by atoms with Gasteiger partial charge in [-0.15, -0.1) is 0 Å². The average Bonchev–Trinajstić information content (AvgIpc) is 2.15. The third-order valence-electron chi connectivity index (χ3n) is 1.89. The molecule has 1 rings (SSSR count). The van der Waals surface area contributed by atoms with E-state index in [2.05, 4.69) is 19.2 Å². The molecule has 0 aromatic heterocycles. The molecule has 0 heterocycles. The van der Waals surface area contributed by atoms with Gasteiger partial charge in [0.2, 0.25) is 0 Å². The van der Waals surface area contributed by atoms with Crippen LogP contribution in [-0.2, 0) is 6.61 Å². The number of aliphatic hydroxyl groups excluding tert-OH is 1. The first-order valence-corrected chi connectivity index (χ1v) is 4.66. The topological polar surface area (TPSA) is 32.3 Å². The first-order chi connectivity index (χ1) is 6.24. The van der Waals surface area contributed by atoms with Crippen LogP contribution in [0.3, 0.4) is 0 Å². The molecular weight excluding hydrogens is 162 g/mol. The van der Waals surface area contributed by atoms with Crippen LogP contribution in [0.1, 0.15) is 19.4 Å². The standard InChI is InChI=1S/C11H17NO/c1-9(2)7-12-11-6-4-3-5-10(11)8-13/h3-6,9,12-13H,7-8H2,1-2H3. The van der Waals surface area contributed by atoms with Crippen LogP contribution < -0.4 is 5.32 Å². The van der Waals surface area contributed by atoms with E-state index in [4.69, 9.17) is 5.11 Å². The second-order valence-corrected chi connectivity index (χ2v) is 3.59. The van der Waals surface area contributed by atoms with Crippen molar-refractivity contribution in [3.63, 3.8) is 0 Å². The third-order valence-corrected chi connectivity index (χ3v) is 1.89. The third kappa shape index (κ3) is 3.07. The highest BCUT2D eigenvalue weighted by molar-refractivity contribution is 5.50. The Morgan fingerprint density at radius 1 is 1.31 bits per heavy atom. The summed E-state index contributed by atoms with van der Waals surface area (Å²) in [5.41, 5.74) is 2.00. The van der Waals surface area contributed by atoms with Crippen molar-refractivity contribution in [3.8, 4) is 0 Å². The number of rotatable bonds is 4. The molecular formula is C11H17NO. The molecule has 72 valence electrons. The van der Waals surface area contributed by atoms with Crippen LogP contribution in [-0.4, -0.2) is 11.7 Å². The minimum Gasteiger partial charge on any atom is -0.392 e. The minimum atomic E-state index is 0.0985. The summed E-state index contributed by atoms with van der Waals surface area (Å²) in [6.07, 6.45) is 0. The van der Waals surface area contributed by atoms with Gasteiger partial charge in [0.1, 0.15) is 0 Å². The Labute approximate surface area is 79.6 Å². The molecule has 0 saturated heterocycles. The summed E-state index contributed by atoms with van der Waals surface area (Å²) in [5.74, 6) is 0.617. The SMILES string of the molecule is CC(C)CNc1ccccc1CO. The summed E-state index contributed by atoms with van der Waals surface area (Å²) in [6, 6.07) is 7.84. The fourth-order valence-electron chi connectivity index (χ4n) is 1.14. The van der Waals surface area contributed by atoms with E-state index < -0.39 is 0 Å². The first kappa shape index (κ1) is 10.1. The summed E-state index contributed by atoms with van der Waals surface area (Å²) < 4.78 is 0. The van der Waals surface area contributed by atoms with E-state index in [0.717, 1.165) is 17.8 Å². The lowest BCUT2D eigenvalue weighted by molar-refractivity contribution is 0.282. The number of nitrogens with one attached hydrogen (secondary N) is 1. The quantitative estimate of drug-likeness (QED) is 0.743. The highest BCUT2D eigenvalue weighted by atomic mass is 16.3. The molecule has 1 aromatic rings. The molecule has 0 atom stereocenters. The van der Waals surface area contributed by atoms with E-state index in [0.29, 0.717) is 5.92 Å². The summed E-state index contributed by atoms with van der Waals surface area (Å²) in [4.78, 5) is 0. The predicted octanol–water partition coefficient (Wildman–Crippen LogP) is 2.25. The molecule has 0 spiro atoms. The van der Waals surface area contributed by atoms with Gasteiger partial charge >= 0.3 is 0 Å². The number of anilines is 1. The van der Waals surface area contributed by atoms with Gasteiger partial charge in [0.15, 0.2) is 0 Å². The monoisotopic (exact) mass is 179 g/mol. The lowest BCUT2D eigenvalue weighted by Gasteiger charge is -2.11. The van der Waals surface area contributed by atoms with Crippen LogP contribution in [0.5, 0.6) is 0 Å². The van der Waals surface area contributed by atoms with Crippen LogP contribution in [0.2, 0.25) is 0 Å². The lowest BCUT2D eigenvalue weighted by Crippen LogP contribution is -2.09. The summed E-state index contributed by atoms with van der Waals surface area (Å²) in [5, 5.41) is 12.3. The van der Waals surface area contributed by atoms with E-state index >= 15 is 0 Å². The van der Waals surface area contributed by atoms with Crippen molar-refractivity contribution in [1.29, 1.82) is 0 Å². The molecule has 0 radical (unpaired) electrons. The van der Waals surface area contributed by atoms with Gasteiger partial charge in [-0.2, -0.15) is 0 Å². The predicted molar refractivity (Wildman–Crippen MR) is 55.7 cm³/mol. The van der Waals surface area contributed by atoms with E-state index in [1.54, 1.807) is 0 Å². The number of para-hydroxylation sites is 1. The maximum Gasteiger partial charge on any atom is 0.0701 e. The lowest BCUT2D eigenvalue weighted by atomic mass is 10.1. The number of benzene rings is 1. The molecule has 0 bridgehead atoms. The highest BCUT2D eigenvalue weighted by Gasteiger charge is 1.99. The van der Waals surface area contributed by atoms with Crippen molar-refractivity contribution >= 4 is 5.69 Å². The van der Waals surface area contributed by atoms with E-state index in [9.17, 15) is 0 Å². The molecule has 0 unspecified atom stereocenters. The second kappa shape index (κ2) is 4.87. The van der Waals surface area contributed by atoms with Crippen molar-refractivity contribution < 1.29 is 5.11 Å². The Kier molecular flexibility index (Phi) is 3.77. The molecule has 2 N–H and O–H groups in total. The average molecular weight is 179 g/mol. The largest absolute Gasteiger partial charge is 0.392 e. The number of hydrogen-bond acceptors (Lipinski definition) is 2. The Bertz CT molecular complexity index is 258. The molecule has 2 nitrogen and oxygen atoms in total. The van der Waals surface area contributed by atoms with Crippen LogP contribution >= 0.6 is 0 Å². The van der Waals surface area contributed by atoms with Gasteiger partial charge in [0.05, 0.1) is 6.61 Å². The fraction of sp³-hybridized carbons (Fsp3) is 0.455. The summed E-state index contributed by atoms with van der Waals surface area (Å²) in [6.45, 7) is 5.36. The molecule has 0 saturated carbocycles. The molecule has 2 heteroatoms. The Balaban J connectivity index is 2.64. The van der Waals surface area contributed by atoms with E-state index in [1.165, 1.54) is 0 Å². The van der Waals surface area contributed by atoms with Crippen molar-refractivity contribution in [2.24, 2.45) is 5.92 Å². The highest BCUT2D eigenvalue weighted by Crippen LogP contribution is 2.14. The molecule has 0 aliphatic rings. The van der Waals surface area contributed by atoms with Gasteiger partial charge < -0.3 is 10.4 Å². The Morgan fingerprint density at radius 2 is 2.00 bits per heavy atom. The van der Waals surface area contributed by atoms with Gasteiger partial charge in [-0.1, -0.05) is 32.0 Å². The molecule has 1 aromatic carbocycles. The zero-order chi connectivity index (χ0) is 9.68. The fourth-order valence-corrected chi connectivity index (χ4v) is 1.14.